The Morgan fingerprint density at radius 1 is 1.00 bits per heavy atom. The quantitative estimate of drug-likeness (QED) is 0.826. The van der Waals surface area contributed by atoms with E-state index in [4.69, 9.17) is 9.84 Å². The predicted molar refractivity (Wildman–Crippen MR) is 73.2 cm³/mol. The van der Waals surface area contributed by atoms with Gasteiger partial charge in [-0.2, -0.15) is 0 Å². The third-order valence-electron chi connectivity index (χ3n) is 2.28. The van der Waals surface area contributed by atoms with Gasteiger partial charge in [0.25, 0.3) is 0 Å². The van der Waals surface area contributed by atoms with Gasteiger partial charge >= 0.3 is 12.0 Å². The Morgan fingerprint density at radius 2 is 1.43 bits per heavy atom. The normalized spacial score (nSPS) is 10.9. The van der Waals surface area contributed by atoms with Crippen molar-refractivity contribution in [3.8, 4) is 12.0 Å². The summed E-state index contributed by atoms with van der Waals surface area (Å²) in [7, 11) is 2.97. The Bertz CT molecular complexity index is 543. The lowest BCUT2D eigenvalue weighted by molar-refractivity contribution is 0.112. The summed E-state index contributed by atoms with van der Waals surface area (Å²) in [6.07, 6.45) is 6.03. The lowest BCUT2D eigenvalue weighted by atomic mass is 10.2. The SMILES string of the molecule is COc1ncc(C(C)O)cn1.COc1ncc(C=O)cn1. The number of aromatic nitrogens is 4. The van der Waals surface area contributed by atoms with Crippen LogP contribution in [0.3, 0.4) is 0 Å². The van der Waals surface area contributed by atoms with E-state index in [1.807, 2.05) is 0 Å². The molecule has 8 heteroatoms. The molecule has 1 N–H and O–H groups in total. The summed E-state index contributed by atoms with van der Waals surface area (Å²) in [4.78, 5) is 25.1. The van der Waals surface area contributed by atoms with Crippen LogP contribution in [0.2, 0.25) is 0 Å². The topological polar surface area (TPSA) is 107 Å². The van der Waals surface area contributed by atoms with Crippen molar-refractivity contribution in [3.63, 3.8) is 0 Å². The van der Waals surface area contributed by atoms with Gasteiger partial charge < -0.3 is 14.6 Å². The van der Waals surface area contributed by atoms with E-state index in [1.165, 1.54) is 39.0 Å². The summed E-state index contributed by atoms with van der Waals surface area (Å²) in [5, 5.41) is 9.07. The van der Waals surface area contributed by atoms with E-state index in [0.717, 1.165) is 0 Å². The second kappa shape index (κ2) is 8.54. The van der Waals surface area contributed by atoms with E-state index in [1.54, 1.807) is 6.92 Å². The van der Waals surface area contributed by atoms with Gasteiger partial charge in [-0.05, 0) is 6.92 Å². The number of carbonyl (C=O) groups excluding carboxylic acids is 1. The number of aliphatic hydroxyl groups is 1. The van der Waals surface area contributed by atoms with E-state index in [2.05, 4.69) is 24.7 Å². The average molecular weight is 292 g/mol. The first-order chi connectivity index (χ1) is 10.1. The van der Waals surface area contributed by atoms with Crippen molar-refractivity contribution in [1.82, 2.24) is 19.9 Å². The van der Waals surface area contributed by atoms with E-state index in [-0.39, 0.29) is 6.01 Å². The summed E-state index contributed by atoms with van der Waals surface area (Å²) >= 11 is 0. The van der Waals surface area contributed by atoms with Crippen LogP contribution in [0, 0.1) is 0 Å². The molecule has 0 aliphatic heterocycles. The number of ether oxygens (including phenoxy) is 2. The zero-order valence-electron chi connectivity index (χ0n) is 11.9. The van der Waals surface area contributed by atoms with Crippen LogP contribution in [0.15, 0.2) is 24.8 Å². The van der Waals surface area contributed by atoms with Crippen LogP contribution in [0.1, 0.15) is 28.9 Å². The Hall–Kier alpha value is -2.61. The highest BCUT2D eigenvalue weighted by Gasteiger charge is 2.01. The van der Waals surface area contributed by atoms with Crippen LogP contribution < -0.4 is 9.47 Å². The average Bonchev–Trinajstić information content (AvgIpc) is 2.55. The van der Waals surface area contributed by atoms with E-state index < -0.39 is 6.10 Å². The number of rotatable bonds is 4. The van der Waals surface area contributed by atoms with Crippen molar-refractivity contribution >= 4 is 6.29 Å². The number of carbonyl (C=O) groups is 1. The van der Waals surface area contributed by atoms with Gasteiger partial charge in [0.1, 0.15) is 0 Å². The molecule has 0 aliphatic rings. The third kappa shape index (κ3) is 5.49. The molecule has 0 saturated heterocycles. The van der Waals surface area contributed by atoms with Crippen LogP contribution in [0.4, 0.5) is 0 Å². The van der Waals surface area contributed by atoms with Gasteiger partial charge in [-0.1, -0.05) is 0 Å². The predicted octanol–water partition coefficient (Wildman–Crippen LogP) is 0.836. The first-order valence-electron chi connectivity index (χ1n) is 5.96. The number of nitrogens with zero attached hydrogens (tertiary/aromatic N) is 4. The van der Waals surface area contributed by atoms with Gasteiger partial charge in [-0.3, -0.25) is 4.79 Å². The van der Waals surface area contributed by atoms with Crippen LogP contribution in [0.25, 0.3) is 0 Å². The largest absolute Gasteiger partial charge is 0.467 e. The summed E-state index contributed by atoms with van der Waals surface area (Å²) in [5.74, 6) is 0. The number of aliphatic hydroxyl groups excluding tert-OH is 1. The minimum atomic E-state index is -0.527. The molecule has 0 aromatic carbocycles. The molecule has 2 aromatic heterocycles. The molecule has 112 valence electrons. The molecule has 21 heavy (non-hydrogen) atoms. The highest BCUT2D eigenvalue weighted by atomic mass is 16.5. The highest BCUT2D eigenvalue weighted by molar-refractivity contribution is 5.73. The number of methoxy groups -OCH3 is 2. The van der Waals surface area contributed by atoms with Gasteiger partial charge in [-0.25, -0.2) is 19.9 Å². The second-order valence-electron chi connectivity index (χ2n) is 3.80. The summed E-state index contributed by atoms with van der Waals surface area (Å²) in [6.45, 7) is 1.66. The molecule has 2 aromatic rings. The fraction of sp³-hybridized carbons (Fsp3) is 0.308. The van der Waals surface area contributed by atoms with Gasteiger partial charge in [-0.15, -0.1) is 0 Å². The van der Waals surface area contributed by atoms with Crippen molar-refractivity contribution in [2.24, 2.45) is 0 Å². The summed E-state index contributed by atoms with van der Waals surface area (Å²) < 4.78 is 9.42. The number of hydrogen-bond acceptors (Lipinski definition) is 8. The Morgan fingerprint density at radius 3 is 1.76 bits per heavy atom. The van der Waals surface area contributed by atoms with Crippen molar-refractivity contribution in [1.29, 1.82) is 0 Å². The lowest BCUT2D eigenvalue weighted by Crippen LogP contribution is -1.96. The molecule has 2 heterocycles. The molecular formula is C13H16N4O4. The molecule has 0 spiro atoms. The number of hydrogen-bond donors (Lipinski definition) is 1. The fourth-order valence-corrected chi connectivity index (χ4v) is 1.14. The van der Waals surface area contributed by atoms with E-state index in [9.17, 15) is 4.79 Å². The first-order valence-corrected chi connectivity index (χ1v) is 5.96. The lowest BCUT2D eigenvalue weighted by Gasteiger charge is -2.02. The molecule has 1 atom stereocenters. The molecular weight excluding hydrogens is 276 g/mol. The monoisotopic (exact) mass is 292 g/mol. The maximum atomic E-state index is 10.1. The van der Waals surface area contributed by atoms with Crippen molar-refractivity contribution in [2.75, 3.05) is 14.2 Å². The molecule has 8 nitrogen and oxygen atoms in total. The minimum Gasteiger partial charge on any atom is -0.467 e. The van der Waals surface area contributed by atoms with Crippen molar-refractivity contribution < 1.29 is 19.4 Å². The Labute approximate surface area is 121 Å². The molecule has 2 rings (SSSR count). The van der Waals surface area contributed by atoms with E-state index in [0.29, 0.717) is 23.4 Å². The minimum absolute atomic E-state index is 0.269. The summed E-state index contributed by atoms with van der Waals surface area (Å²) in [6, 6.07) is 0.583. The molecule has 1 unspecified atom stereocenters. The maximum Gasteiger partial charge on any atom is 0.316 e. The first kappa shape index (κ1) is 16.4. The standard InChI is InChI=1S/C7H10N2O2.C6H6N2O2/c1-5(10)6-3-8-7(11-2)9-4-6;1-10-6-7-2-5(4-9)3-8-6/h3-5,10H,1-2H3;2-4H,1H3. The van der Waals surface area contributed by atoms with Crippen LogP contribution >= 0.6 is 0 Å². The van der Waals surface area contributed by atoms with Crippen LogP contribution in [-0.4, -0.2) is 45.5 Å². The molecule has 0 radical (unpaired) electrons. The van der Waals surface area contributed by atoms with Gasteiger partial charge in [0.15, 0.2) is 6.29 Å². The maximum absolute atomic E-state index is 10.1. The third-order valence-corrected chi connectivity index (χ3v) is 2.28. The smallest absolute Gasteiger partial charge is 0.316 e. The molecule has 0 saturated carbocycles. The molecule has 0 amide bonds. The molecule has 0 fully saturated rings. The zero-order valence-corrected chi connectivity index (χ0v) is 11.9. The van der Waals surface area contributed by atoms with Crippen LogP contribution in [-0.2, 0) is 0 Å². The Kier molecular flexibility index (Phi) is 6.69. The second-order valence-corrected chi connectivity index (χ2v) is 3.80. The van der Waals surface area contributed by atoms with Gasteiger partial charge in [0.2, 0.25) is 0 Å². The number of aldehydes is 1. The molecule has 0 bridgehead atoms. The van der Waals surface area contributed by atoms with Gasteiger partial charge in [0.05, 0.1) is 25.9 Å². The zero-order chi connectivity index (χ0) is 15.7. The fourth-order valence-electron chi connectivity index (χ4n) is 1.14. The van der Waals surface area contributed by atoms with E-state index >= 15 is 0 Å². The molecule has 0 aliphatic carbocycles. The van der Waals surface area contributed by atoms with Gasteiger partial charge in [0, 0.05) is 30.4 Å². The Balaban J connectivity index is 0.000000211. The van der Waals surface area contributed by atoms with Crippen LogP contribution in [0.5, 0.6) is 12.0 Å². The van der Waals surface area contributed by atoms with Crippen molar-refractivity contribution in [2.45, 2.75) is 13.0 Å². The highest BCUT2D eigenvalue weighted by Crippen LogP contribution is 2.09. The summed E-state index contributed by atoms with van der Waals surface area (Å²) in [5.41, 5.74) is 1.13. The van der Waals surface area contributed by atoms with Crippen molar-refractivity contribution in [3.05, 3.63) is 35.9 Å².